The summed E-state index contributed by atoms with van der Waals surface area (Å²) < 4.78 is 1.73. The predicted molar refractivity (Wildman–Crippen MR) is 80.0 cm³/mol. The number of hydrogen-bond acceptors (Lipinski definition) is 5. The Bertz CT molecular complexity index is 713. The average Bonchev–Trinajstić information content (AvgIpc) is 2.96. The van der Waals surface area contributed by atoms with E-state index in [1.54, 1.807) is 10.8 Å². The molecule has 0 radical (unpaired) electrons. The number of anilines is 1. The Balaban J connectivity index is 2.10. The van der Waals surface area contributed by atoms with Gasteiger partial charge in [-0.2, -0.15) is 14.9 Å². The fourth-order valence-corrected chi connectivity index (χ4v) is 3.19. The van der Waals surface area contributed by atoms with Crippen molar-refractivity contribution >= 4 is 11.3 Å². The van der Waals surface area contributed by atoms with E-state index in [0.717, 1.165) is 54.9 Å². The van der Waals surface area contributed by atoms with Crippen LogP contribution < -0.4 is 4.90 Å². The first-order chi connectivity index (χ1) is 10.1. The second kappa shape index (κ2) is 4.99. The Morgan fingerprint density at radius 1 is 1.43 bits per heavy atom. The van der Waals surface area contributed by atoms with Crippen LogP contribution in [0.25, 0.3) is 5.65 Å². The Kier molecular flexibility index (Phi) is 3.28. The van der Waals surface area contributed by atoms with E-state index in [4.69, 9.17) is 0 Å². The Morgan fingerprint density at radius 3 is 2.95 bits per heavy atom. The molecular formula is C15H20N6. The zero-order chi connectivity index (χ0) is 15.0. The molecule has 0 aromatic carbocycles. The van der Waals surface area contributed by atoms with Crippen molar-refractivity contribution in [3.8, 4) is 6.07 Å². The summed E-state index contributed by atoms with van der Waals surface area (Å²) in [4.78, 5) is 2.30. The summed E-state index contributed by atoms with van der Waals surface area (Å²) in [7, 11) is 0. The van der Waals surface area contributed by atoms with Gasteiger partial charge in [0.25, 0.3) is 0 Å². The Morgan fingerprint density at radius 2 is 2.24 bits per heavy atom. The molecule has 0 saturated carbocycles. The lowest BCUT2D eigenvalue weighted by atomic mass is 9.79. The summed E-state index contributed by atoms with van der Waals surface area (Å²) in [6, 6.07) is 2.54. The van der Waals surface area contributed by atoms with Crippen LogP contribution in [0, 0.1) is 30.6 Å². The number of rotatable bonds is 2. The van der Waals surface area contributed by atoms with E-state index in [2.05, 4.69) is 40.1 Å². The van der Waals surface area contributed by atoms with Crippen molar-refractivity contribution in [2.24, 2.45) is 5.41 Å². The molecule has 1 saturated heterocycles. The molecule has 2 aromatic heterocycles. The maximum atomic E-state index is 9.58. The highest BCUT2D eigenvalue weighted by Crippen LogP contribution is 2.37. The lowest BCUT2D eigenvalue weighted by molar-refractivity contribution is 0.306. The van der Waals surface area contributed by atoms with Crippen molar-refractivity contribution in [1.82, 2.24) is 19.8 Å². The third-order valence-corrected chi connectivity index (χ3v) is 4.70. The van der Waals surface area contributed by atoms with Gasteiger partial charge < -0.3 is 4.90 Å². The lowest BCUT2D eigenvalue weighted by Crippen LogP contribution is -2.43. The molecule has 1 aliphatic rings. The van der Waals surface area contributed by atoms with E-state index in [9.17, 15) is 5.26 Å². The fourth-order valence-electron chi connectivity index (χ4n) is 3.19. The van der Waals surface area contributed by atoms with Gasteiger partial charge in [-0.05, 0) is 38.7 Å². The van der Waals surface area contributed by atoms with Crippen LogP contribution in [-0.2, 0) is 0 Å². The van der Waals surface area contributed by atoms with E-state index < -0.39 is 0 Å². The highest BCUT2D eigenvalue weighted by Gasteiger charge is 2.35. The number of aryl methyl sites for hydroxylation is 1. The fraction of sp³-hybridized carbons (Fsp3) is 0.600. The van der Waals surface area contributed by atoms with Crippen LogP contribution >= 0.6 is 0 Å². The summed E-state index contributed by atoms with van der Waals surface area (Å²) in [5, 5.41) is 22.2. The second-order valence-electron chi connectivity index (χ2n) is 5.93. The molecule has 0 N–H and O–H groups in total. The van der Waals surface area contributed by atoms with Crippen molar-refractivity contribution in [1.29, 1.82) is 5.26 Å². The van der Waals surface area contributed by atoms with Crippen LogP contribution in [0.4, 0.5) is 5.69 Å². The van der Waals surface area contributed by atoms with Gasteiger partial charge in [-0.3, -0.25) is 0 Å². The number of hydrogen-bond donors (Lipinski definition) is 0. The quantitative estimate of drug-likeness (QED) is 0.846. The molecular weight excluding hydrogens is 264 g/mol. The molecule has 6 heteroatoms. The van der Waals surface area contributed by atoms with E-state index >= 15 is 0 Å². The average molecular weight is 284 g/mol. The molecule has 2 aromatic rings. The molecule has 0 aliphatic carbocycles. The number of nitrogens with zero attached hydrogens (tertiary/aromatic N) is 6. The summed E-state index contributed by atoms with van der Waals surface area (Å²) in [6.07, 6.45) is 4.52. The lowest BCUT2D eigenvalue weighted by Gasteiger charge is -2.39. The highest BCUT2D eigenvalue weighted by atomic mass is 15.4. The normalized spacial score (nSPS) is 22.5. The predicted octanol–water partition coefficient (Wildman–Crippen LogP) is 2.26. The highest BCUT2D eigenvalue weighted by molar-refractivity contribution is 5.73. The monoisotopic (exact) mass is 284 g/mol. The molecule has 1 fully saturated rings. The van der Waals surface area contributed by atoms with E-state index in [1.165, 1.54) is 0 Å². The minimum absolute atomic E-state index is 0.251. The zero-order valence-electron chi connectivity index (χ0n) is 12.8. The van der Waals surface area contributed by atoms with Gasteiger partial charge >= 0.3 is 0 Å². The molecule has 3 heterocycles. The van der Waals surface area contributed by atoms with E-state index in [0.29, 0.717) is 0 Å². The van der Waals surface area contributed by atoms with Gasteiger partial charge in [0.05, 0.1) is 22.9 Å². The van der Waals surface area contributed by atoms with Crippen LogP contribution in [0.5, 0.6) is 0 Å². The van der Waals surface area contributed by atoms with Crippen molar-refractivity contribution in [2.45, 2.75) is 40.0 Å². The van der Waals surface area contributed by atoms with Gasteiger partial charge in [-0.1, -0.05) is 6.92 Å². The van der Waals surface area contributed by atoms with Crippen LogP contribution in [0.3, 0.4) is 0 Å². The van der Waals surface area contributed by atoms with E-state index in [1.807, 2.05) is 6.92 Å². The Hall–Kier alpha value is -2.16. The van der Waals surface area contributed by atoms with Crippen LogP contribution in [0.15, 0.2) is 6.33 Å². The Labute approximate surface area is 124 Å². The first-order valence-electron chi connectivity index (χ1n) is 7.43. The summed E-state index contributed by atoms with van der Waals surface area (Å²) in [5.41, 5.74) is 3.71. The van der Waals surface area contributed by atoms with Crippen LogP contribution in [-0.4, -0.2) is 32.9 Å². The summed E-state index contributed by atoms with van der Waals surface area (Å²) in [5.74, 6) is 0. The van der Waals surface area contributed by atoms with Crippen molar-refractivity contribution in [3.05, 3.63) is 17.6 Å². The minimum Gasteiger partial charge on any atom is -0.367 e. The third-order valence-electron chi connectivity index (χ3n) is 4.70. The maximum absolute atomic E-state index is 9.58. The van der Waals surface area contributed by atoms with Gasteiger partial charge in [0.15, 0.2) is 0 Å². The second-order valence-corrected chi connectivity index (χ2v) is 5.93. The molecule has 21 heavy (non-hydrogen) atoms. The molecule has 110 valence electrons. The maximum Gasteiger partial charge on any atom is 0.201 e. The number of fused-ring (bicyclic) bond motifs is 1. The van der Waals surface area contributed by atoms with Crippen molar-refractivity contribution in [2.75, 3.05) is 18.0 Å². The molecule has 1 unspecified atom stereocenters. The molecule has 1 aliphatic heterocycles. The number of aromatic nitrogens is 4. The molecule has 1 atom stereocenters. The van der Waals surface area contributed by atoms with Gasteiger partial charge in [0.2, 0.25) is 5.65 Å². The van der Waals surface area contributed by atoms with Crippen molar-refractivity contribution in [3.63, 3.8) is 0 Å². The number of piperidine rings is 1. The molecule has 0 amide bonds. The molecule has 3 rings (SSSR count). The van der Waals surface area contributed by atoms with Crippen LogP contribution in [0.2, 0.25) is 0 Å². The van der Waals surface area contributed by atoms with Gasteiger partial charge in [0, 0.05) is 13.1 Å². The van der Waals surface area contributed by atoms with E-state index in [-0.39, 0.29) is 5.41 Å². The standard InChI is InChI=1S/C15H20N6/c1-4-15(8-16)6-5-7-20(9-15)13-11(2)12(3)19-21-10-17-18-14(13)21/h10H,4-7,9H2,1-3H3. The topological polar surface area (TPSA) is 70.1 Å². The SMILES string of the molecule is CCC1(C#N)CCCN(c2c(C)c(C)nn3cnnc23)C1. The first kappa shape index (κ1) is 13.8. The molecule has 0 spiro atoms. The summed E-state index contributed by atoms with van der Waals surface area (Å²) >= 11 is 0. The smallest absolute Gasteiger partial charge is 0.201 e. The molecule has 0 bridgehead atoms. The minimum atomic E-state index is -0.251. The third kappa shape index (κ3) is 2.13. The van der Waals surface area contributed by atoms with Gasteiger partial charge in [-0.15, -0.1) is 10.2 Å². The van der Waals surface area contributed by atoms with Gasteiger partial charge in [0.1, 0.15) is 6.33 Å². The first-order valence-corrected chi connectivity index (χ1v) is 7.43. The summed E-state index contributed by atoms with van der Waals surface area (Å²) in [6.45, 7) is 7.88. The zero-order valence-corrected chi connectivity index (χ0v) is 12.8. The van der Waals surface area contributed by atoms with Crippen molar-refractivity contribution < 1.29 is 0 Å². The van der Waals surface area contributed by atoms with Crippen LogP contribution in [0.1, 0.15) is 37.4 Å². The number of nitriles is 1. The largest absolute Gasteiger partial charge is 0.367 e. The molecule has 6 nitrogen and oxygen atoms in total. The van der Waals surface area contributed by atoms with Gasteiger partial charge in [-0.25, -0.2) is 0 Å².